The molecule has 0 spiro atoms. The molecule has 1 aliphatic rings. The van der Waals surface area contributed by atoms with E-state index in [9.17, 15) is 13.6 Å². The summed E-state index contributed by atoms with van der Waals surface area (Å²) < 4.78 is 30.7. The third-order valence-corrected chi connectivity index (χ3v) is 5.96. The van der Waals surface area contributed by atoms with Crippen LogP contribution in [0.1, 0.15) is 57.1 Å². The van der Waals surface area contributed by atoms with E-state index in [4.69, 9.17) is 0 Å². The van der Waals surface area contributed by atoms with Crippen LogP contribution in [0.25, 0.3) is 16.7 Å². The average molecular weight is 416 g/mol. The Balaban J connectivity index is 2.01. The maximum absolute atomic E-state index is 14.7. The number of hydrogen-bond acceptors (Lipinski definition) is 2. The molecular formula is C24H31F2N3O. The van der Waals surface area contributed by atoms with Crippen molar-refractivity contribution in [2.75, 3.05) is 0 Å². The van der Waals surface area contributed by atoms with Crippen molar-refractivity contribution in [1.82, 2.24) is 15.1 Å². The lowest BCUT2D eigenvalue weighted by atomic mass is 9.90. The number of allylic oxidation sites excluding steroid dienone is 1. The number of alkyl halides is 1. The summed E-state index contributed by atoms with van der Waals surface area (Å²) in [5.74, 6) is -0.495. The molecule has 1 saturated carbocycles. The predicted octanol–water partition coefficient (Wildman–Crippen LogP) is 5.36. The molecule has 1 heterocycles. The van der Waals surface area contributed by atoms with E-state index in [0.29, 0.717) is 40.7 Å². The molecule has 2 aromatic rings. The van der Waals surface area contributed by atoms with Crippen molar-refractivity contribution in [3.05, 3.63) is 47.5 Å². The lowest BCUT2D eigenvalue weighted by Crippen LogP contribution is -2.43. The molecule has 0 radical (unpaired) electrons. The molecule has 0 saturated heterocycles. The highest BCUT2D eigenvalue weighted by Crippen LogP contribution is 2.31. The van der Waals surface area contributed by atoms with Crippen LogP contribution in [-0.2, 0) is 11.8 Å². The van der Waals surface area contributed by atoms with Gasteiger partial charge in [0.2, 0.25) is 0 Å². The first kappa shape index (κ1) is 22.2. The van der Waals surface area contributed by atoms with Crippen LogP contribution in [0, 0.1) is 18.7 Å². The maximum atomic E-state index is 14.7. The Kier molecular flexibility index (Phi) is 7.06. The van der Waals surface area contributed by atoms with Crippen molar-refractivity contribution in [2.45, 2.75) is 65.1 Å². The highest BCUT2D eigenvalue weighted by Gasteiger charge is 2.28. The Labute approximate surface area is 177 Å². The number of aromatic nitrogens is 2. The third-order valence-electron chi connectivity index (χ3n) is 5.96. The minimum absolute atomic E-state index is 0.157. The number of halogens is 2. The number of carbonyl (C=O) groups is 1. The summed E-state index contributed by atoms with van der Waals surface area (Å²) in [6.45, 7) is 5.88. The van der Waals surface area contributed by atoms with Crippen LogP contribution in [-0.4, -0.2) is 27.9 Å². The molecule has 0 bridgehead atoms. The van der Waals surface area contributed by atoms with E-state index in [1.54, 1.807) is 37.1 Å². The molecule has 1 aromatic heterocycles. The number of benzene rings is 1. The van der Waals surface area contributed by atoms with E-state index in [-0.39, 0.29) is 17.6 Å². The van der Waals surface area contributed by atoms with Crippen LogP contribution in [0.3, 0.4) is 0 Å². The average Bonchev–Trinajstić information content (AvgIpc) is 3.14. The monoisotopic (exact) mass is 415 g/mol. The van der Waals surface area contributed by atoms with Gasteiger partial charge < -0.3 is 5.32 Å². The highest BCUT2D eigenvalue weighted by atomic mass is 19.1. The predicted molar refractivity (Wildman–Crippen MR) is 116 cm³/mol. The Morgan fingerprint density at radius 3 is 2.73 bits per heavy atom. The summed E-state index contributed by atoms with van der Waals surface area (Å²) in [6, 6.07) is 2.70. The molecule has 3 atom stereocenters. The number of amides is 1. The Hall–Kier alpha value is -2.50. The Morgan fingerprint density at radius 2 is 2.10 bits per heavy atom. The largest absolute Gasteiger partial charge is 0.346 e. The van der Waals surface area contributed by atoms with Crippen molar-refractivity contribution in [1.29, 1.82) is 0 Å². The Bertz CT molecular complexity index is 935. The standard InChI is InChI=1S/C24H31F2N3O/c1-5-15(2)10-20(24(30)28-23-9-7-6-8-21(23)25)18-12-19(22(26)11-16(18)3)17-13-27-29(4)14-17/h10-15,21,23H,5-9H2,1-4H3,(H,28,30)/b20-10+/t15?,21-,23-/m1/s1. The SMILES string of the molecule is CCC(C)/C=C(/C(=O)N[C@@H]1CCCC[C@H]1F)c1cc(-c2cnn(C)c2)c(F)cc1C. The summed E-state index contributed by atoms with van der Waals surface area (Å²) in [7, 11) is 1.77. The molecule has 1 aliphatic carbocycles. The van der Waals surface area contributed by atoms with Gasteiger partial charge in [0.25, 0.3) is 5.91 Å². The fourth-order valence-corrected chi connectivity index (χ4v) is 3.93. The zero-order valence-corrected chi connectivity index (χ0v) is 18.2. The van der Waals surface area contributed by atoms with Gasteiger partial charge in [-0.05, 0) is 48.9 Å². The van der Waals surface area contributed by atoms with E-state index in [2.05, 4.69) is 10.4 Å². The van der Waals surface area contributed by atoms with Crippen LogP contribution < -0.4 is 5.32 Å². The molecule has 1 aromatic carbocycles. The molecule has 1 unspecified atom stereocenters. The molecule has 4 nitrogen and oxygen atoms in total. The van der Waals surface area contributed by atoms with Crippen LogP contribution in [0.5, 0.6) is 0 Å². The quantitative estimate of drug-likeness (QED) is 0.646. The normalized spacial score (nSPS) is 20.8. The van der Waals surface area contributed by atoms with Gasteiger partial charge in [-0.15, -0.1) is 0 Å². The van der Waals surface area contributed by atoms with Gasteiger partial charge in [-0.2, -0.15) is 5.10 Å². The molecule has 0 aliphatic heterocycles. The number of nitrogens with zero attached hydrogens (tertiary/aromatic N) is 2. The van der Waals surface area contributed by atoms with Crippen LogP contribution >= 0.6 is 0 Å². The van der Waals surface area contributed by atoms with Gasteiger partial charge >= 0.3 is 0 Å². The van der Waals surface area contributed by atoms with Crippen LogP contribution in [0.15, 0.2) is 30.6 Å². The first-order valence-corrected chi connectivity index (χ1v) is 10.8. The Morgan fingerprint density at radius 1 is 1.37 bits per heavy atom. The summed E-state index contributed by atoms with van der Waals surface area (Å²) >= 11 is 0. The maximum Gasteiger partial charge on any atom is 0.251 e. The molecule has 162 valence electrons. The number of aryl methyl sites for hydroxylation is 2. The molecular weight excluding hydrogens is 384 g/mol. The zero-order valence-electron chi connectivity index (χ0n) is 18.2. The van der Waals surface area contributed by atoms with Crippen molar-refractivity contribution in [2.24, 2.45) is 13.0 Å². The zero-order chi connectivity index (χ0) is 21.8. The van der Waals surface area contributed by atoms with Crippen molar-refractivity contribution in [3.8, 4) is 11.1 Å². The fourth-order valence-electron chi connectivity index (χ4n) is 3.93. The summed E-state index contributed by atoms with van der Waals surface area (Å²) in [6.07, 6.45) is 8.00. The van der Waals surface area contributed by atoms with Gasteiger partial charge in [0.1, 0.15) is 12.0 Å². The summed E-state index contributed by atoms with van der Waals surface area (Å²) in [5.41, 5.74) is 2.86. The summed E-state index contributed by atoms with van der Waals surface area (Å²) in [5, 5.41) is 7.04. The van der Waals surface area contributed by atoms with E-state index < -0.39 is 12.2 Å². The van der Waals surface area contributed by atoms with Crippen molar-refractivity contribution in [3.63, 3.8) is 0 Å². The van der Waals surface area contributed by atoms with Crippen molar-refractivity contribution >= 4 is 11.5 Å². The van der Waals surface area contributed by atoms with Gasteiger partial charge in [-0.1, -0.05) is 39.2 Å². The smallest absolute Gasteiger partial charge is 0.251 e. The third kappa shape index (κ3) is 4.97. The van der Waals surface area contributed by atoms with E-state index in [0.717, 1.165) is 19.3 Å². The van der Waals surface area contributed by atoms with E-state index in [1.165, 1.54) is 6.07 Å². The minimum atomic E-state index is -1.02. The fraction of sp³-hybridized carbons (Fsp3) is 0.500. The lowest BCUT2D eigenvalue weighted by Gasteiger charge is -2.27. The molecule has 1 N–H and O–H groups in total. The number of hydrogen-bond donors (Lipinski definition) is 1. The number of carbonyl (C=O) groups excluding carboxylic acids is 1. The molecule has 30 heavy (non-hydrogen) atoms. The second kappa shape index (κ2) is 9.54. The first-order valence-electron chi connectivity index (χ1n) is 10.8. The first-order chi connectivity index (χ1) is 14.3. The van der Waals surface area contributed by atoms with E-state index >= 15 is 0 Å². The van der Waals surface area contributed by atoms with Gasteiger partial charge in [0.05, 0.1) is 12.2 Å². The molecule has 1 amide bonds. The van der Waals surface area contributed by atoms with Crippen molar-refractivity contribution < 1.29 is 13.6 Å². The van der Waals surface area contributed by atoms with Gasteiger partial charge in [-0.3, -0.25) is 9.48 Å². The second-order valence-electron chi connectivity index (χ2n) is 8.40. The second-order valence-corrected chi connectivity index (χ2v) is 8.40. The molecule has 3 rings (SSSR count). The van der Waals surface area contributed by atoms with Crippen LogP contribution in [0.4, 0.5) is 8.78 Å². The number of nitrogens with one attached hydrogen (secondary N) is 1. The molecule has 6 heteroatoms. The van der Waals surface area contributed by atoms with E-state index in [1.807, 2.05) is 19.9 Å². The van der Waals surface area contributed by atoms with Gasteiger partial charge in [0.15, 0.2) is 0 Å². The highest BCUT2D eigenvalue weighted by molar-refractivity contribution is 6.20. The van der Waals surface area contributed by atoms with Gasteiger partial charge in [-0.25, -0.2) is 8.78 Å². The van der Waals surface area contributed by atoms with Gasteiger partial charge in [0, 0.05) is 29.9 Å². The van der Waals surface area contributed by atoms with Crippen LogP contribution in [0.2, 0.25) is 0 Å². The topological polar surface area (TPSA) is 46.9 Å². The minimum Gasteiger partial charge on any atom is -0.346 e. The summed E-state index contributed by atoms with van der Waals surface area (Å²) in [4.78, 5) is 13.2. The number of rotatable bonds is 6. The molecule has 1 fully saturated rings. The lowest BCUT2D eigenvalue weighted by molar-refractivity contribution is -0.117.